The number of rotatable bonds is 7. The molecule has 0 bridgehead atoms. The average Bonchev–Trinajstić information content (AvgIpc) is 2.88. The zero-order valence-corrected chi connectivity index (χ0v) is 20.4. The van der Waals surface area contributed by atoms with Gasteiger partial charge in [-0.3, -0.25) is 0 Å². The summed E-state index contributed by atoms with van der Waals surface area (Å²) in [7, 11) is -3.22. The Labute approximate surface area is 205 Å². The fourth-order valence-electron chi connectivity index (χ4n) is 4.37. The van der Waals surface area contributed by atoms with E-state index in [1.165, 1.54) is 5.56 Å². The van der Waals surface area contributed by atoms with E-state index in [-0.39, 0.29) is 6.54 Å². The molecule has 1 N–H and O–H groups in total. The van der Waals surface area contributed by atoms with Crippen LogP contribution in [0.25, 0.3) is 10.8 Å². The maximum atomic E-state index is 11.3. The first-order valence-corrected chi connectivity index (χ1v) is 13.5. The van der Waals surface area contributed by atoms with Crippen LogP contribution in [0.15, 0.2) is 72.9 Å². The minimum Gasteiger partial charge on any atom is -0.353 e. The zero-order valence-electron chi connectivity index (χ0n) is 19.6. The maximum absolute atomic E-state index is 11.3. The van der Waals surface area contributed by atoms with Gasteiger partial charge in [-0.1, -0.05) is 60.7 Å². The van der Waals surface area contributed by atoms with E-state index < -0.39 is 10.0 Å². The number of nitrogens with one attached hydrogen (secondary N) is 1. The molecule has 0 saturated carbocycles. The van der Waals surface area contributed by atoms with Crippen molar-refractivity contribution in [2.45, 2.75) is 13.0 Å². The maximum Gasteiger partial charge on any atom is 0.209 e. The monoisotopic (exact) mass is 488 g/mol. The lowest BCUT2D eigenvalue weighted by Gasteiger charge is -2.36. The Morgan fingerprint density at radius 2 is 1.49 bits per heavy atom. The number of fused-ring (bicyclic) bond motifs is 1. The molecule has 0 atom stereocenters. The molecular formula is C26H28N6O2S. The van der Waals surface area contributed by atoms with Crippen LogP contribution in [0.5, 0.6) is 0 Å². The van der Waals surface area contributed by atoms with Gasteiger partial charge >= 0.3 is 0 Å². The topological polar surface area (TPSA) is 91.3 Å². The van der Waals surface area contributed by atoms with Crippen molar-refractivity contribution in [3.63, 3.8) is 0 Å². The minimum absolute atomic E-state index is 0.242. The molecule has 3 heterocycles. The van der Waals surface area contributed by atoms with E-state index in [0.717, 1.165) is 72.5 Å². The standard InChI is InChI=1S/C26H28N6O2S/c1-35(33,34)28-19-21-11-12-25(27-18-21)31-13-15-32(16-14-31)26-23-10-6-5-9-22(23)24(29-30-26)17-20-7-3-2-4-8-20/h2-12,18,28H,13-17,19H2,1H3. The van der Waals surface area contributed by atoms with Crippen LogP contribution >= 0.6 is 0 Å². The Kier molecular flexibility index (Phi) is 6.61. The third kappa shape index (κ3) is 5.58. The Hall–Kier alpha value is -3.56. The summed E-state index contributed by atoms with van der Waals surface area (Å²) in [5.41, 5.74) is 3.04. The van der Waals surface area contributed by atoms with Crippen molar-refractivity contribution in [3.8, 4) is 0 Å². The summed E-state index contributed by atoms with van der Waals surface area (Å²) < 4.78 is 25.1. The average molecular weight is 489 g/mol. The van der Waals surface area contributed by atoms with Gasteiger partial charge in [0.15, 0.2) is 5.82 Å². The molecule has 1 aliphatic heterocycles. The number of sulfonamides is 1. The summed E-state index contributed by atoms with van der Waals surface area (Å²) in [5.74, 6) is 1.81. The van der Waals surface area contributed by atoms with E-state index in [9.17, 15) is 8.42 Å². The lowest BCUT2D eigenvalue weighted by molar-refractivity contribution is 0.587. The van der Waals surface area contributed by atoms with E-state index in [4.69, 9.17) is 0 Å². The molecule has 2 aromatic heterocycles. The zero-order chi connectivity index (χ0) is 24.3. The van der Waals surface area contributed by atoms with Gasteiger partial charge in [-0.25, -0.2) is 18.1 Å². The van der Waals surface area contributed by atoms with E-state index in [1.54, 1.807) is 6.20 Å². The summed E-state index contributed by atoms with van der Waals surface area (Å²) >= 11 is 0. The smallest absolute Gasteiger partial charge is 0.209 e. The van der Waals surface area contributed by atoms with Crippen molar-refractivity contribution in [2.75, 3.05) is 42.2 Å². The van der Waals surface area contributed by atoms with Crippen LogP contribution in [0.2, 0.25) is 0 Å². The van der Waals surface area contributed by atoms with Crippen LogP contribution in [0.3, 0.4) is 0 Å². The van der Waals surface area contributed by atoms with Gasteiger partial charge in [0.1, 0.15) is 5.82 Å². The van der Waals surface area contributed by atoms with Crippen molar-refractivity contribution in [1.82, 2.24) is 19.9 Å². The molecule has 35 heavy (non-hydrogen) atoms. The van der Waals surface area contributed by atoms with Gasteiger partial charge < -0.3 is 9.80 Å². The molecule has 2 aromatic carbocycles. The lowest BCUT2D eigenvalue weighted by Crippen LogP contribution is -2.47. The third-order valence-corrected chi connectivity index (χ3v) is 6.88. The molecule has 1 saturated heterocycles. The Balaban J connectivity index is 1.28. The second-order valence-corrected chi connectivity index (χ2v) is 10.6. The first-order chi connectivity index (χ1) is 17.0. The number of hydrogen-bond acceptors (Lipinski definition) is 7. The Morgan fingerprint density at radius 3 is 2.17 bits per heavy atom. The number of benzene rings is 2. The predicted octanol–water partition coefficient (Wildman–Crippen LogP) is 2.99. The van der Waals surface area contributed by atoms with Gasteiger partial charge in [0.25, 0.3) is 0 Å². The number of aromatic nitrogens is 3. The summed E-state index contributed by atoms with van der Waals surface area (Å²) in [5, 5.41) is 11.6. The highest BCUT2D eigenvalue weighted by Crippen LogP contribution is 2.28. The van der Waals surface area contributed by atoms with Gasteiger partial charge in [0.05, 0.1) is 11.9 Å². The quantitative estimate of drug-likeness (QED) is 0.428. The van der Waals surface area contributed by atoms with E-state index in [2.05, 4.69) is 66.1 Å². The van der Waals surface area contributed by atoms with Crippen molar-refractivity contribution >= 4 is 32.4 Å². The minimum atomic E-state index is -3.22. The molecule has 1 aliphatic rings. The molecule has 0 spiro atoms. The molecule has 9 heteroatoms. The fraction of sp³-hybridized carbons (Fsp3) is 0.269. The second-order valence-electron chi connectivity index (χ2n) is 8.77. The van der Waals surface area contributed by atoms with Gasteiger partial charge in [0, 0.05) is 56.1 Å². The molecule has 0 unspecified atom stereocenters. The SMILES string of the molecule is CS(=O)(=O)NCc1ccc(N2CCN(c3nnc(Cc4ccccc4)c4ccccc34)CC2)nc1. The number of hydrogen-bond donors (Lipinski definition) is 1. The van der Waals surface area contributed by atoms with Gasteiger partial charge in [-0.2, -0.15) is 5.10 Å². The number of anilines is 2. The molecular weight excluding hydrogens is 460 g/mol. The van der Waals surface area contributed by atoms with Crippen LogP contribution in [0.4, 0.5) is 11.6 Å². The Morgan fingerprint density at radius 1 is 0.800 bits per heavy atom. The second kappa shape index (κ2) is 9.97. The summed E-state index contributed by atoms with van der Waals surface area (Å²) in [6.45, 7) is 3.50. The van der Waals surface area contributed by atoms with Crippen molar-refractivity contribution in [3.05, 3.63) is 89.7 Å². The van der Waals surface area contributed by atoms with Crippen LogP contribution in [-0.4, -0.2) is 56.0 Å². The van der Waals surface area contributed by atoms with Crippen molar-refractivity contribution in [2.24, 2.45) is 0 Å². The summed E-state index contributed by atoms with van der Waals surface area (Å²) in [6, 6.07) is 22.6. The number of piperazine rings is 1. The highest BCUT2D eigenvalue weighted by atomic mass is 32.2. The molecule has 8 nitrogen and oxygen atoms in total. The van der Waals surface area contributed by atoms with Gasteiger partial charge in [-0.15, -0.1) is 5.10 Å². The van der Waals surface area contributed by atoms with Gasteiger partial charge in [-0.05, 0) is 17.2 Å². The third-order valence-electron chi connectivity index (χ3n) is 6.21. The van der Waals surface area contributed by atoms with Crippen LogP contribution in [0.1, 0.15) is 16.8 Å². The fourth-order valence-corrected chi connectivity index (χ4v) is 4.80. The molecule has 180 valence electrons. The van der Waals surface area contributed by atoms with Crippen molar-refractivity contribution in [1.29, 1.82) is 0 Å². The van der Waals surface area contributed by atoms with Crippen LogP contribution in [-0.2, 0) is 23.0 Å². The van der Waals surface area contributed by atoms with Crippen LogP contribution in [0, 0.1) is 0 Å². The van der Waals surface area contributed by atoms with E-state index in [0.29, 0.717) is 0 Å². The first-order valence-electron chi connectivity index (χ1n) is 11.6. The summed E-state index contributed by atoms with van der Waals surface area (Å²) in [4.78, 5) is 9.08. The largest absolute Gasteiger partial charge is 0.353 e. The number of pyridine rings is 1. The van der Waals surface area contributed by atoms with E-state index in [1.807, 2.05) is 30.3 Å². The normalized spacial score (nSPS) is 14.4. The lowest BCUT2D eigenvalue weighted by atomic mass is 10.0. The molecule has 0 amide bonds. The van der Waals surface area contributed by atoms with Gasteiger partial charge in [0.2, 0.25) is 10.0 Å². The number of nitrogens with zero attached hydrogens (tertiary/aromatic N) is 5. The predicted molar refractivity (Wildman–Crippen MR) is 139 cm³/mol. The van der Waals surface area contributed by atoms with E-state index >= 15 is 0 Å². The van der Waals surface area contributed by atoms with Crippen LogP contribution < -0.4 is 14.5 Å². The molecule has 4 aromatic rings. The molecule has 0 radical (unpaired) electrons. The molecule has 5 rings (SSSR count). The molecule has 0 aliphatic carbocycles. The Bertz CT molecular complexity index is 1400. The van der Waals surface area contributed by atoms with Crippen molar-refractivity contribution < 1.29 is 8.42 Å². The first kappa shape index (κ1) is 23.2. The molecule has 1 fully saturated rings. The highest BCUT2D eigenvalue weighted by molar-refractivity contribution is 7.88. The summed E-state index contributed by atoms with van der Waals surface area (Å²) in [6.07, 6.45) is 3.63. The highest BCUT2D eigenvalue weighted by Gasteiger charge is 2.22.